The summed E-state index contributed by atoms with van der Waals surface area (Å²) in [5.41, 5.74) is 0. The third-order valence-corrected chi connectivity index (χ3v) is 1.23. The van der Waals surface area contributed by atoms with Crippen LogP contribution in [0.1, 0.15) is 0 Å². The van der Waals surface area contributed by atoms with Crippen LogP contribution in [0.3, 0.4) is 0 Å². The fourth-order valence-corrected chi connectivity index (χ4v) is 0.655. The fraction of sp³-hybridized carbons (Fsp3) is 1.00. The molecule has 52 valence electrons. The normalized spacial score (nSPS) is 19.7. The van der Waals surface area contributed by atoms with Gasteiger partial charge in [-0.05, 0) is 7.05 Å². The molecule has 4 heteroatoms. The number of likely N-dealkylation sites (N-methyl/N-ethyl adjacent to an activating group) is 1. The Labute approximate surface area is 56.3 Å². The van der Waals surface area contributed by atoms with Crippen LogP contribution in [0.4, 0.5) is 0 Å². The molecular weight excluding hydrogens is 118 g/mol. The zero-order valence-electron chi connectivity index (χ0n) is 5.58. The molecular formula is C5H11N3O. The van der Waals surface area contributed by atoms with Gasteiger partial charge in [0.15, 0.2) is 0 Å². The Hall–Kier alpha value is -0.160. The van der Waals surface area contributed by atoms with Crippen LogP contribution in [0.15, 0.2) is 0 Å². The quantitative estimate of drug-likeness (QED) is 0.420. The highest BCUT2D eigenvalue weighted by Crippen LogP contribution is 1.89. The van der Waals surface area contributed by atoms with Gasteiger partial charge in [-0.15, -0.1) is 0 Å². The first-order valence-electron chi connectivity index (χ1n) is 2.66. The van der Waals surface area contributed by atoms with Gasteiger partial charge in [0.25, 0.3) is 0 Å². The van der Waals surface area contributed by atoms with Gasteiger partial charge in [-0.1, -0.05) is 0 Å². The van der Waals surface area contributed by atoms with Crippen molar-refractivity contribution in [3.63, 3.8) is 0 Å². The molecule has 0 spiro atoms. The topological polar surface area (TPSA) is 73.5 Å². The van der Waals surface area contributed by atoms with Crippen molar-refractivity contribution >= 4 is 0 Å². The average molecular weight is 129 g/mol. The van der Waals surface area contributed by atoms with Crippen LogP contribution < -0.4 is 12.3 Å². The molecule has 0 N–H and O–H groups in total. The van der Waals surface area contributed by atoms with Gasteiger partial charge in [0.1, 0.15) is 0 Å². The molecule has 0 aromatic heterocycles. The van der Waals surface area contributed by atoms with Gasteiger partial charge in [0.2, 0.25) is 0 Å². The molecule has 0 amide bonds. The van der Waals surface area contributed by atoms with Gasteiger partial charge in [-0.3, -0.25) is 0 Å². The summed E-state index contributed by atoms with van der Waals surface area (Å²) < 4.78 is 5.10. The Balaban J connectivity index is 0. The molecule has 4 nitrogen and oxygen atoms in total. The summed E-state index contributed by atoms with van der Waals surface area (Å²) in [6.07, 6.45) is 0. The molecule has 1 fully saturated rings. The minimum absolute atomic E-state index is 0. The van der Waals surface area contributed by atoms with E-state index in [0.29, 0.717) is 0 Å². The minimum atomic E-state index is 0. The maximum absolute atomic E-state index is 5.10. The maximum atomic E-state index is 5.10. The molecule has 0 bridgehead atoms. The molecule has 6 radical (unpaired) electrons. The Kier molecular flexibility index (Phi) is 7.70. The molecule has 0 saturated carbocycles. The standard InChI is InChI=1S/C5H11NO.2N/c1-6-2-4-7-5-3-6;;/h2-5H2,1H3;;. The van der Waals surface area contributed by atoms with Gasteiger partial charge in [-0.2, -0.15) is 0 Å². The Morgan fingerprint density at radius 2 is 1.56 bits per heavy atom. The second-order valence-corrected chi connectivity index (χ2v) is 1.92. The van der Waals surface area contributed by atoms with Crippen LogP contribution in [0, 0.1) is 0 Å². The van der Waals surface area contributed by atoms with Crippen molar-refractivity contribution in [2.45, 2.75) is 0 Å². The lowest BCUT2D eigenvalue weighted by Crippen LogP contribution is -2.32. The summed E-state index contributed by atoms with van der Waals surface area (Å²) in [4.78, 5) is 2.27. The van der Waals surface area contributed by atoms with Crippen molar-refractivity contribution in [2.24, 2.45) is 0 Å². The molecule has 1 rings (SSSR count). The lowest BCUT2D eigenvalue weighted by atomic mass is 10.5. The number of ether oxygens (including phenoxy) is 1. The summed E-state index contributed by atoms with van der Waals surface area (Å²) in [6.45, 7) is 4.02. The minimum Gasteiger partial charge on any atom is -0.379 e. The van der Waals surface area contributed by atoms with Gasteiger partial charge in [-0.25, -0.2) is 0 Å². The Morgan fingerprint density at radius 3 is 1.78 bits per heavy atom. The lowest BCUT2D eigenvalue weighted by Gasteiger charge is -2.21. The van der Waals surface area contributed by atoms with Crippen molar-refractivity contribution in [3.8, 4) is 0 Å². The summed E-state index contributed by atoms with van der Waals surface area (Å²) in [7, 11) is 2.11. The van der Waals surface area contributed by atoms with Crippen LogP contribution in [0.2, 0.25) is 0 Å². The first-order chi connectivity index (χ1) is 3.39. The molecule has 1 saturated heterocycles. The molecule has 9 heavy (non-hydrogen) atoms. The van der Waals surface area contributed by atoms with E-state index in [1.807, 2.05) is 0 Å². The molecule has 1 aliphatic heterocycles. The van der Waals surface area contributed by atoms with Crippen molar-refractivity contribution in [2.75, 3.05) is 33.4 Å². The van der Waals surface area contributed by atoms with Crippen molar-refractivity contribution in [1.29, 1.82) is 0 Å². The third-order valence-electron chi connectivity index (χ3n) is 1.23. The first kappa shape index (κ1) is 11.6. The van der Waals surface area contributed by atoms with Gasteiger partial charge in [0.05, 0.1) is 13.2 Å². The van der Waals surface area contributed by atoms with Crippen LogP contribution in [-0.2, 0) is 4.74 Å². The van der Waals surface area contributed by atoms with E-state index < -0.39 is 0 Å². The van der Waals surface area contributed by atoms with Crippen LogP contribution in [0.25, 0.3) is 0 Å². The zero-order valence-corrected chi connectivity index (χ0v) is 5.58. The highest BCUT2D eigenvalue weighted by atomic mass is 16.5. The Morgan fingerprint density at radius 1 is 1.11 bits per heavy atom. The van der Waals surface area contributed by atoms with E-state index in [-0.39, 0.29) is 12.3 Å². The van der Waals surface area contributed by atoms with E-state index >= 15 is 0 Å². The number of nitrogens with zero attached hydrogens (tertiary/aromatic N) is 3. The van der Waals surface area contributed by atoms with Gasteiger partial charge in [0, 0.05) is 25.4 Å². The Bertz CT molecular complexity index is 54.2. The van der Waals surface area contributed by atoms with Crippen molar-refractivity contribution in [1.82, 2.24) is 17.2 Å². The van der Waals surface area contributed by atoms with E-state index in [1.165, 1.54) is 0 Å². The van der Waals surface area contributed by atoms with E-state index in [9.17, 15) is 0 Å². The van der Waals surface area contributed by atoms with Crippen LogP contribution in [0.5, 0.6) is 0 Å². The molecule has 0 aromatic carbocycles. The molecule has 1 heterocycles. The number of morpholine rings is 1. The third kappa shape index (κ3) is 4.35. The molecule has 0 aromatic rings. The predicted molar refractivity (Wildman–Crippen MR) is 32.6 cm³/mol. The number of rotatable bonds is 0. The van der Waals surface area contributed by atoms with Crippen molar-refractivity contribution < 1.29 is 4.74 Å². The van der Waals surface area contributed by atoms with Crippen LogP contribution in [-0.4, -0.2) is 38.3 Å². The van der Waals surface area contributed by atoms with E-state index in [4.69, 9.17) is 4.74 Å². The van der Waals surface area contributed by atoms with Gasteiger partial charge < -0.3 is 9.64 Å². The second kappa shape index (κ2) is 5.97. The monoisotopic (exact) mass is 129 g/mol. The van der Waals surface area contributed by atoms with E-state index in [0.717, 1.165) is 26.3 Å². The largest absolute Gasteiger partial charge is 0.379 e. The van der Waals surface area contributed by atoms with E-state index in [1.54, 1.807) is 0 Å². The molecule has 0 unspecified atom stereocenters. The van der Waals surface area contributed by atoms with E-state index in [2.05, 4.69) is 11.9 Å². The first-order valence-corrected chi connectivity index (χ1v) is 2.66. The fourth-order valence-electron chi connectivity index (χ4n) is 0.655. The summed E-state index contributed by atoms with van der Waals surface area (Å²) in [6, 6.07) is 0. The van der Waals surface area contributed by atoms with Gasteiger partial charge >= 0.3 is 0 Å². The van der Waals surface area contributed by atoms with Crippen molar-refractivity contribution in [3.05, 3.63) is 0 Å². The lowest BCUT2D eigenvalue weighted by molar-refractivity contribution is 0.0503. The molecule has 0 aliphatic carbocycles. The highest BCUT2D eigenvalue weighted by molar-refractivity contribution is 4.53. The summed E-state index contributed by atoms with van der Waals surface area (Å²) in [5.74, 6) is 0. The molecule has 1 aliphatic rings. The predicted octanol–water partition coefficient (Wildman–Crippen LogP) is -1.01. The van der Waals surface area contributed by atoms with Crippen LogP contribution >= 0.6 is 0 Å². The summed E-state index contributed by atoms with van der Waals surface area (Å²) >= 11 is 0. The number of hydrogen-bond donors (Lipinski definition) is 0. The smallest absolute Gasteiger partial charge is 0.0594 e. The molecule has 0 atom stereocenters. The zero-order chi connectivity index (χ0) is 5.11. The summed E-state index contributed by atoms with van der Waals surface area (Å²) in [5, 5.41) is 0. The highest BCUT2D eigenvalue weighted by Gasteiger charge is 2.02. The maximum Gasteiger partial charge on any atom is 0.0594 e. The average Bonchev–Trinajstić information content (AvgIpc) is 1.69. The number of hydrogen-bond acceptors (Lipinski definition) is 2. The SMILES string of the molecule is CN1CCOCC1.[N].[N]. The second-order valence-electron chi connectivity index (χ2n) is 1.92.